The summed E-state index contributed by atoms with van der Waals surface area (Å²) in [6.45, 7) is 6.28. The van der Waals surface area contributed by atoms with Crippen molar-refractivity contribution in [3.05, 3.63) is 65.0 Å². The standard InChI is InChI=1S/C31H42FN5O5/c1-31(2,3)22-16-20(9-12-26(22)38)18-24-28(40)35-15-13-27(39)34-14-5-6-25(29(41)36-24)37(4)30(42)23(33)17-19-7-10-21(32)11-8-19/h7-12,16,23-25,38H,5-6,13-15,17-18,33H2,1-4H3,(H,34,39)(H,35,40)(H,36,41)/t23-,24-,25-/m0/s1. The molecule has 0 unspecified atom stereocenters. The number of benzene rings is 2. The lowest BCUT2D eigenvalue weighted by Gasteiger charge is -2.31. The van der Waals surface area contributed by atoms with Crippen molar-refractivity contribution in [3.8, 4) is 5.75 Å². The summed E-state index contributed by atoms with van der Waals surface area (Å²) in [5.41, 5.74) is 7.95. The third-order valence-electron chi connectivity index (χ3n) is 7.37. The summed E-state index contributed by atoms with van der Waals surface area (Å²) in [6.07, 6.45) is 0.990. The van der Waals surface area contributed by atoms with Gasteiger partial charge in [-0.2, -0.15) is 0 Å². The Morgan fingerprint density at radius 3 is 2.38 bits per heavy atom. The normalized spacial score (nSPS) is 19.7. The minimum absolute atomic E-state index is 0.0832. The van der Waals surface area contributed by atoms with Gasteiger partial charge in [0.15, 0.2) is 0 Å². The maximum Gasteiger partial charge on any atom is 0.243 e. The highest BCUT2D eigenvalue weighted by molar-refractivity contribution is 5.93. The number of nitrogens with zero attached hydrogens (tertiary/aromatic N) is 1. The SMILES string of the molecule is CN(C(=O)[C@@H](N)Cc1ccc(F)cc1)[C@H]1CCCNC(=O)CCNC(=O)[C@H](Cc2ccc(O)c(C(C)(C)C)c2)NC1=O. The van der Waals surface area contributed by atoms with Crippen molar-refractivity contribution in [2.45, 2.75) is 76.4 Å². The molecule has 0 saturated carbocycles. The molecule has 1 fully saturated rings. The number of carbonyl (C=O) groups is 4. The molecule has 3 rings (SSSR count). The molecule has 0 aliphatic carbocycles. The van der Waals surface area contributed by atoms with Crippen molar-refractivity contribution >= 4 is 23.6 Å². The first-order chi connectivity index (χ1) is 19.8. The van der Waals surface area contributed by atoms with E-state index < -0.39 is 41.7 Å². The highest BCUT2D eigenvalue weighted by Crippen LogP contribution is 2.31. The Kier molecular flexibility index (Phi) is 11.0. The van der Waals surface area contributed by atoms with Gasteiger partial charge < -0.3 is 31.7 Å². The summed E-state index contributed by atoms with van der Waals surface area (Å²) in [4.78, 5) is 53.7. The molecule has 0 radical (unpaired) electrons. The molecule has 1 heterocycles. The van der Waals surface area contributed by atoms with Gasteiger partial charge >= 0.3 is 0 Å². The molecule has 1 saturated heterocycles. The molecule has 10 nitrogen and oxygen atoms in total. The van der Waals surface area contributed by atoms with Crippen LogP contribution in [0.5, 0.6) is 5.75 Å². The van der Waals surface area contributed by atoms with Crippen molar-refractivity contribution < 1.29 is 28.7 Å². The number of phenolic OH excluding ortho intramolecular Hbond substituents is 1. The van der Waals surface area contributed by atoms with Crippen molar-refractivity contribution in [2.75, 3.05) is 20.1 Å². The van der Waals surface area contributed by atoms with Crippen LogP contribution in [-0.4, -0.2) is 71.9 Å². The van der Waals surface area contributed by atoms with E-state index in [0.717, 1.165) is 5.56 Å². The molecule has 42 heavy (non-hydrogen) atoms. The van der Waals surface area contributed by atoms with Crippen LogP contribution in [0.2, 0.25) is 0 Å². The Morgan fingerprint density at radius 2 is 1.71 bits per heavy atom. The zero-order chi connectivity index (χ0) is 31.0. The third-order valence-corrected chi connectivity index (χ3v) is 7.37. The highest BCUT2D eigenvalue weighted by atomic mass is 19.1. The number of halogens is 1. The average molecular weight is 584 g/mol. The van der Waals surface area contributed by atoms with Crippen LogP contribution in [0.3, 0.4) is 0 Å². The zero-order valence-electron chi connectivity index (χ0n) is 24.7. The molecule has 2 aromatic carbocycles. The highest BCUT2D eigenvalue weighted by Gasteiger charge is 2.33. The second-order valence-corrected chi connectivity index (χ2v) is 11.8. The molecule has 0 spiro atoms. The summed E-state index contributed by atoms with van der Waals surface area (Å²) in [6, 6.07) is 7.80. The maximum absolute atomic E-state index is 13.7. The van der Waals surface area contributed by atoms with E-state index in [1.165, 1.54) is 24.1 Å². The summed E-state index contributed by atoms with van der Waals surface area (Å²) in [5, 5.41) is 18.7. The second-order valence-electron chi connectivity index (χ2n) is 11.8. The van der Waals surface area contributed by atoms with E-state index in [0.29, 0.717) is 24.1 Å². The number of rotatable bonds is 6. The minimum atomic E-state index is -1.00. The predicted octanol–water partition coefficient (Wildman–Crippen LogP) is 1.67. The molecular formula is C31H42FN5O5. The van der Waals surface area contributed by atoms with E-state index >= 15 is 0 Å². The fraction of sp³-hybridized carbons (Fsp3) is 0.484. The number of nitrogens with two attached hydrogens (primary N) is 1. The van der Waals surface area contributed by atoms with E-state index in [2.05, 4.69) is 16.0 Å². The Balaban J connectivity index is 1.85. The maximum atomic E-state index is 13.7. The van der Waals surface area contributed by atoms with Crippen LogP contribution >= 0.6 is 0 Å². The fourth-order valence-electron chi connectivity index (χ4n) is 4.94. The predicted molar refractivity (Wildman–Crippen MR) is 157 cm³/mol. The van der Waals surface area contributed by atoms with Crippen LogP contribution in [0.4, 0.5) is 4.39 Å². The molecule has 3 atom stereocenters. The van der Waals surface area contributed by atoms with E-state index in [9.17, 15) is 28.7 Å². The van der Waals surface area contributed by atoms with E-state index in [4.69, 9.17) is 5.73 Å². The van der Waals surface area contributed by atoms with Crippen LogP contribution in [0, 0.1) is 5.82 Å². The quantitative estimate of drug-likeness (QED) is 0.349. The third kappa shape index (κ3) is 9.01. The lowest BCUT2D eigenvalue weighted by atomic mass is 9.84. The summed E-state index contributed by atoms with van der Waals surface area (Å²) >= 11 is 0. The summed E-state index contributed by atoms with van der Waals surface area (Å²) < 4.78 is 13.3. The van der Waals surface area contributed by atoms with Gasteiger partial charge in [-0.25, -0.2) is 4.39 Å². The number of amides is 4. The average Bonchev–Trinajstić information content (AvgIpc) is 2.93. The Labute approximate surface area is 246 Å². The first-order valence-electron chi connectivity index (χ1n) is 14.2. The monoisotopic (exact) mass is 583 g/mol. The molecule has 0 bridgehead atoms. The molecule has 2 aromatic rings. The molecule has 1 aliphatic rings. The largest absolute Gasteiger partial charge is 0.508 e. The van der Waals surface area contributed by atoms with Gasteiger partial charge in [-0.05, 0) is 59.6 Å². The van der Waals surface area contributed by atoms with Crippen LogP contribution in [0.15, 0.2) is 42.5 Å². The van der Waals surface area contributed by atoms with Crippen molar-refractivity contribution in [1.29, 1.82) is 0 Å². The van der Waals surface area contributed by atoms with Crippen molar-refractivity contribution in [2.24, 2.45) is 5.73 Å². The van der Waals surface area contributed by atoms with Crippen LogP contribution in [-0.2, 0) is 37.4 Å². The first kappa shape index (κ1) is 32.5. The lowest BCUT2D eigenvalue weighted by molar-refractivity contribution is -0.141. The zero-order valence-corrected chi connectivity index (χ0v) is 24.7. The molecule has 0 aromatic heterocycles. The topological polar surface area (TPSA) is 154 Å². The molecule has 1 aliphatic heterocycles. The number of nitrogens with one attached hydrogen (secondary N) is 3. The Bertz CT molecular complexity index is 1280. The molecule has 11 heteroatoms. The van der Waals surface area contributed by atoms with Gasteiger partial charge in [0.2, 0.25) is 23.6 Å². The Hall–Kier alpha value is -3.99. The van der Waals surface area contributed by atoms with Gasteiger partial charge in [-0.1, -0.05) is 45.0 Å². The number of hydrogen-bond acceptors (Lipinski definition) is 6. The lowest BCUT2D eigenvalue weighted by Crippen LogP contribution is -2.57. The van der Waals surface area contributed by atoms with Gasteiger partial charge in [-0.15, -0.1) is 0 Å². The van der Waals surface area contributed by atoms with E-state index in [1.54, 1.807) is 24.3 Å². The molecule has 228 valence electrons. The summed E-state index contributed by atoms with van der Waals surface area (Å²) in [7, 11) is 1.48. The van der Waals surface area contributed by atoms with Gasteiger partial charge in [0.1, 0.15) is 23.7 Å². The summed E-state index contributed by atoms with van der Waals surface area (Å²) in [5.74, 6) is -1.98. The van der Waals surface area contributed by atoms with Crippen LogP contribution in [0.25, 0.3) is 0 Å². The van der Waals surface area contributed by atoms with Gasteiger partial charge in [0, 0.05) is 33.0 Å². The number of hydrogen-bond donors (Lipinski definition) is 5. The van der Waals surface area contributed by atoms with Gasteiger partial charge in [-0.3, -0.25) is 19.2 Å². The number of carbonyl (C=O) groups excluding carboxylic acids is 4. The molecular weight excluding hydrogens is 541 g/mol. The molecule has 6 N–H and O–H groups in total. The smallest absolute Gasteiger partial charge is 0.243 e. The minimum Gasteiger partial charge on any atom is -0.508 e. The molecule has 4 amide bonds. The first-order valence-corrected chi connectivity index (χ1v) is 14.2. The van der Waals surface area contributed by atoms with Crippen molar-refractivity contribution in [1.82, 2.24) is 20.9 Å². The fourth-order valence-corrected chi connectivity index (χ4v) is 4.94. The second kappa shape index (κ2) is 14.3. The van der Waals surface area contributed by atoms with Crippen LogP contribution < -0.4 is 21.7 Å². The number of aromatic hydroxyl groups is 1. The van der Waals surface area contributed by atoms with Gasteiger partial charge in [0.05, 0.1) is 6.04 Å². The number of phenols is 1. The van der Waals surface area contributed by atoms with Gasteiger partial charge in [0.25, 0.3) is 0 Å². The Morgan fingerprint density at radius 1 is 1.05 bits per heavy atom. The van der Waals surface area contributed by atoms with E-state index in [1.807, 2.05) is 26.8 Å². The van der Waals surface area contributed by atoms with Crippen molar-refractivity contribution in [3.63, 3.8) is 0 Å². The van der Waals surface area contributed by atoms with E-state index in [-0.39, 0.29) is 49.3 Å². The number of likely N-dealkylation sites (N-methyl/N-ethyl adjacent to an activating group) is 1. The van der Waals surface area contributed by atoms with Crippen LogP contribution in [0.1, 0.15) is 56.7 Å².